The van der Waals surface area contributed by atoms with E-state index >= 15 is 0 Å². The number of nitrogens with one attached hydrogen (secondary N) is 1. The maximum absolute atomic E-state index is 5.85. The van der Waals surface area contributed by atoms with Crippen molar-refractivity contribution in [1.29, 1.82) is 0 Å². The van der Waals surface area contributed by atoms with Crippen LogP contribution in [-0.4, -0.2) is 0 Å². The Labute approximate surface area is 113 Å². The Bertz CT molecular complexity index is 403. The Morgan fingerprint density at radius 3 is 2.67 bits per heavy atom. The van der Waals surface area contributed by atoms with Crippen LogP contribution in [0, 0.1) is 0 Å². The largest absolute Gasteiger partial charge is 0.362 e. The number of hydrogen-bond acceptors (Lipinski definition) is 3. The highest BCUT2D eigenvalue weighted by molar-refractivity contribution is 6.30. The third kappa shape index (κ3) is 3.57. The minimum Gasteiger partial charge on any atom is -0.362 e. The lowest BCUT2D eigenvalue weighted by molar-refractivity contribution is 0.182. The van der Waals surface area contributed by atoms with E-state index in [1.165, 1.54) is 25.7 Å². The van der Waals surface area contributed by atoms with Gasteiger partial charge in [-0.15, -0.1) is 5.17 Å². The van der Waals surface area contributed by atoms with Crippen LogP contribution in [0.15, 0.2) is 36.2 Å². The van der Waals surface area contributed by atoms with Gasteiger partial charge in [-0.05, 0) is 30.7 Å². The number of hydrazine groups is 1. The van der Waals surface area contributed by atoms with Gasteiger partial charge >= 0.3 is 0 Å². The lowest BCUT2D eigenvalue weighted by Crippen LogP contribution is -2.28. The van der Waals surface area contributed by atoms with Gasteiger partial charge in [0.15, 0.2) is 5.76 Å². The van der Waals surface area contributed by atoms with Crippen molar-refractivity contribution in [3.05, 3.63) is 41.2 Å². The Morgan fingerprint density at radius 1 is 1.17 bits per heavy atom. The normalized spacial score (nSPS) is 14.1. The molecule has 98 valence electrons. The molecule has 0 saturated heterocycles. The van der Waals surface area contributed by atoms with Crippen LogP contribution in [-0.2, 0) is 4.84 Å². The predicted molar refractivity (Wildman–Crippen MR) is 75.0 cm³/mol. The maximum atomic E-state index is 5.85. The third-order valence-corrected chi connectivity index (χ3v) is 3.14. The summed E-state index contributed by atoms with van der Waals surface area (Å²) in [5, 5.41) is 2.39. The number of nitrogens with zero attached hydrogens (tertiary/aromatic N) is 1. The van der Waals surface area contributed by atoms with E-state index in [1.54, 1.807) is 5.17 Å². The molecule has 1 aliphatic heterocycles. The number of benzene rings is 1. The molecule has 0 radical (unpaired) electrons. The fourth-order valence-electron chi connectivity index (χ4n) is 1.85. The summed E-state index contributed by atoms with van der Waals surface area (Å²) in [6, 6.07) is 7.54. The molecule has 0 bridgehead atoms. The first-order valence-corrected chi connectivity index (χ1v) is 6.86. The van der Waals surface area contributed by atoms with Crippen LogP contribution in [0.4, 0.5) is 5.69 Å². The molecule has 1 aliphatic rings. The second-order valence-electron chi connectivity index (χ2n) is 4.41. The maximum Gasteiger partial charge on any atom is 0.152 e. The van der Waals surface area contributed by atoms with Crippen LogP contribution in [0.2, 0.25) is 5.02 Å². The second-order valence-corrected chi connectivity index (χ2v) is 4.85. The number of hydrogen-bond donors (Lipinski definition) is 1. The van der Waals surface area contributed by atoms with Gasteiger partial charge in [0, 0.05) is 11.4 Å². The highest BCUT2D eigenvalue weighted by atomic mass is 35.5. The molecule has 0 saturated carbocycles. The summed E-state index contributed by atoms with van der Waals surface area (Å²) >= 11 is 5.85. The van der Waals surface area contributed by atoms with Crippen LogP contribution in [0.5, 0.6) is 0 Å². The predicted octanol–water partition coefficient (Wildman–Crippen LogP) is 4.41. The van der Waals surface area contributed by atoms with E-state index in [4.69, 9.17) is 16.4 Å². The summed E-state index contributed by atoms with van der Waals surface area (Å²) in [7, 11) is 0. The van der Waals surface area contributed by atoms with Gasteiger partial charge < -0.3 is 4.84 Å². The minimum atomic E-state index is 0.727. The van der Waals surface area contributed by atoms with Crippen LogP contribution >= 0.6 is 11.6 Å². The van der Waals surface area contributed by atoms with E-state index in [-0.39, 0.29) is 0 Å². The van der Waals surface area contributed by atoms with E-state index in [1.807, 2.05) is 30.5 Å². The average molecular weight is 267 g/mol. The molecule has 1 N–H and O–H groups in total. The summed E-state index contributed by atoms with van der Waals surface area (Å²) < 4.78 is 0. The van der Waals surface area contributed by atoms with Gasteiger partial charge in [-0.2, -0.15) is 0 Å². The second kappa shape index (κ2) is 6.55. The van der Waals surface area contributed by atoms with Crippen molar-refractivity contribution in [2.24, 2.45) is 0 Å². The van der Waals surface area contributed by atoms with Gasteiger partial charge in [-0.25, -0.2) is 0 Å². The first kappa shape index (κ1) is 13.1. The molecule has 0 unspecified atom stereocenters. The lowest BCUT2D eigenvalue weighted by Gasteiger charge is -2.17. The van der Waals surface area contributed by atoms with Crippen molar-refractivity contribution in [3.8, 4) is 0 Å². The van der Waals surface area contributed by atoms with Crippen molar-refractivity contribution in [2.75, 3.05) is 5.17 Å². The van der Waals surface area contributed by atoms with E-state index in [0.29, 0.717) is 0 Å². The van der Waals surface area contributed by atoms with E-state index < -0.39 is 0 Å². The molecule has 0 aromatic heterocycles. The highest BCUT2D eigenvalue weighted by Gasteiger charge is 2.15. The van der Waals surface area contributed by atoms with Crippen LogP contribution in [0.3, 0.4) is 0 Å². The molecule has 4 heteroatoms. The highest BCUT2D eigenvalue weighted by Crippen LogP contribution is 2.23. The zero-order chi connectivity index (χ0) is 12.8. The van der Waals surface area contributed by atoms with Crippen molar-refractivity contribution < 1.29 is 4.84 Å². The zero-order valence-corrected chi connectivity index (χ0v) is 11.4. The minimum absolute atomic E-state index is 0.727. The molecule has 1 aromatic carbocycles. The fourth-order valence-corrected chi connectivity index (χ4v) is 1.97. The van der Waals surface area contributed by atoms with E-state index in [0.717, 1.165) is 22.9 Å². The standard InChI is InChI=1S/C14H19ClN2O/c1-2-3-4-5-6-14-11-16-17(18-14)13-9-7-12(15)8-10-13/h7-11,16H,2-6H2,1H3. The van der Waals surface area contributed by atoms with Crippen LogP contribution in [0.25, 0.3) is 0 Å². The molecule has 1 heterocycles. The van der Waals surface area contributed by atoms with Crippen molar-refractivity contribution in [3.63, 3.8) is 0 Å². The molecular formula is C14H19ClN2O. The topological polar surface area (TPSA) is 24.5 Å². The Balaban J connectivity index is 1.78. The van der Waals surface area contributed by atoms with Crippen molar-refractivity contribution in [2.45, 2.75) is 39.0 Å². The molecule has 0 spiro atoms. The molecule has 0 atom stereocenters. The van der Waals surface area contributed by atoms with Gasteiger partial charge in [-0.3, -0.25) is 5.43 Å². The first-order valence-electron chi connectivity index (χ1n) is 6.48. The molecule has 0 amide bonds. The van der Waals surface area contributed by atoms with Gasteiger partial charge in [0.2, 0.25) is 0 Å². The number of unbranched alkanes of at least 4 members (excludes halogenated alkanes) is 3. The third-order valence-electron chi connectivity index (χ3n) is 2.89. The smallest absolute Gasteiger partial charge is 0.152 e. The Hall–Kier alpha value is -1.35. The Kier molecular flexibility index (Phi) is 4.76. The summed E-state index contributed by atoms with van der Waals surface area (Å²) in [6.45, 7) is 2.22. The summed E-state index contributed by atoms with van der Waals surface area (Å²) in [5.74, 6) is 0.987. The van der Waals surface area contributed by atoms with E-state index in [2.05, 4.69) is 12.3 Å². The number of rotatable bonds is 6. The van der Waals surface area contributed by atoms with Crippen LogP contribution in [0.1, 0.15) is 39.0 Å². The molecule has 3 nitrogen and oxygen atoms in total. The first-order chi connectivity index (χ1) is 8.79. The molecular weight excluding hydrogens is 248 g/mol. The number of halogens is 1. The molecule has 2 rings (SSSR count). The van der Waals surface area contributed by atoms with E-state index in [9.17, 15) is 0 Å². The molecule has 0 fully saturated rings. The Morgan fingerprint density at radius 2 is 1.94 bits per heavy atom. The SMILES string of the molecule is CCCCCCC1=CNN(c2ccc(Cl)cc2)O1. The van der Waals surface area contributed by atoms with Crippen LogP contribution < -0.4 is 10.6 Å². The fraction of sp³-hybridized carbons (Fsp3) is 0.429. The number of allylic oxidation sites excluding steroid dienone is 1. The summed E-state index contributed by atoms with van der Waals surface area (Å²) in [4.78, 5) is 5.71. The van der Waals surface area contributed by atoms with Gasteiger partial charge in [0.25, 0.3) is 0 Å². The van der Waals surface area contributed by atoms with Gasteiger partial charge in [-0.1, -0.05) is 37.8 Å². The molecule has 1 aromatic rings. The number of anilines is 1. The lowest BCUT2D eigenvalue weighted by atomic mass is 10.1. The average Bonchev–Trinajstić information content (AvgIpc) is 2.84. The summed E-state index contributed by atoms with van der Waals surface area (Å²) in [6.07, 6.45) is 7.89. The van der Waals surface area contributed by atoms with Crippen molar-refractivity contribution in [1.82, 2.24) is 5.43 Å². The molecule has 18 heavy (non-hydrogen) atoms. The van der Waals surface area contributed by atoms with Gasteiger partial charge in [0.05, 0.1) is 11.9 Å². The van der Waals surface area contributed by atoms with Crippen molar-refractivity contribution >= 4 is 17.3 Å². The zero-order valence-electron chi connectivity index (χ0n) is 10.7. The monoisotopic (exact) mass is 266 g/mol. The molecule has 0 aliphatic carbocycles. The quantitative estimate of drug-likeness (QED) is 0.772. The van der Waals surface area contributed by atoms with Gasteiger partial charge in [0.1, 0.15) is 0 Å². The summed E-state index contributed by atoms with van der Waals surface area (Å²) in [5.41, 5.74) is 4.03.